The molecule has 1 amide bonds. The summed E-state index contributed by atoms with van der Waals surface area (Å²) in [6.45, 7) is 3.86. The number of nitrogens with zero attached hydrogens (tertiary/aromatic N) is 2. The van der Waals surface area contributed by atoms with Gasteiger partial charge in [0.1, 0.15) is 18.5 Å². The van der Waals surface area contributed by atoms with Gasteiger partial charge in [-0.1, -0.05) is 6.07 Å². The number of amides is 1. The van der Waals surface area contributed by atoms with Gasteiger partial charge in [-0.25, -0.2) is 0 Å². The average molecular weight is 441 g/mol. The zero-order chi connectivity index (χ0) is 22.7. The molecule has 9 nitrogen and oxygen atoms in total. The second-order valence-electron chi connectivity index (χ2n) is 7.85. The number of aliphatic hydroxyl groups is 1. The highest BCUT2D eigenvalue weighted by Gasteiger charge is 2.38. The van der Waals surface area contributed by atoms with Gasteiger partial charge in [-0.3, -0.25) is 14.5 Å². The smallest absolute Gasteiger partial charge is 0.266 e. The molecule has 3 N–H and O–H groups in total. The fourth-order valence-electron chi connectivity index (χ4n) is 3.96. The monoisotopic (exact) mass is 441 g/mol. The van der Waals surface area contributed by atoms with Crippen molar-refractivity contribution in [3.05, 3.63) is 48.0 Å². The van der Waals surface area contributed by atoms with Crippen LogP contribution in [0.15, 0.2) is 42.5 Å². The number of nitrogens with two attached hydrogens (primary N) is 1. The number of fused-ring (bicyclic) bond motifs is 1. The fourth-order valence-corrected chi connectivity index (χ4v) is 3.96. The Morgan fingerprint density at radius 1 is 1.19 bits per heavy atom. The molecule has 170 valence electrons. The summed E-state index contributed by atoms with van der Waals surface area (Å²) in [6, 6.07) is 12.8. The van der Waals surface area contributed by atoms with Crippen LogP contribution in [-0.2, 0) is 4.79 Å². The number of methoxy groups -OCH3 is 1. The molecule has 1 fully saturated rings. The van der Waals surface area contributed by atoms with Gasteiger partial charge in [0.15, 0.2) is 11.5 Å². The predicted octanol–water partition coefficient (Wildman–Crippen LogP) is 0.686. The van der Waals surface area contributed by atoms with Gasteiger partial charge in [0.2, 0.25) is 11.9 Å². The number of Topliss-reactive ketones (excluding diaryl/α,β-unsaturated/α-hetero) is 1. The van der Waals surface area contributed by atoms with Gasteiger partial charge in [0.05, 0.1) is 12.7 Å². The number of para-hydroxylation sites is 1. The van der Waals surface area contributed by atoms with Crippen molar-refractivity contribution >= 4 is 17.4 Å². The summed E-state index contributed by atoms with van der Waals surface area (Å²) in [6.07, 6.45) is -2.05. The lowest BCUT2D eigenvalue weighted by Crippen LogP contribution is -2.49. The maximum Gasteiger partial charge on any atom is 0.266 e. The van der Waals surface area contributed by atoms with Gasteiger partial charge in [-0.15, -0.1) is 0 Å². The van der Waals surface area contributed by atoms with Crippen molar-refractivity contribution in [3.8, 4) is 17.2 Å². The number of aliphatic hydroxyl groups excluding tert-OH is 1. The summed E-state index contributed by atoms with van der Waals surface area (Å²) >= 11 is 0. The van der Waals surface area contributed by atoms with Crippen molar-refractivity contribution in [1.29, 1.82) is 0 Å². The maximum absolute atomic E-state index is 12.2. The summed E-state index contributed by atoms with van der Waals surface area (Å²) in [7, 11) is 1.65. The molecule has 2 aromatic rings. The van der Waals surface area contributed by atoms with Crippen LogP contribution in [0.2, 0.25) is 0 Å². The Hall–Kier alpha value is -3.30. The number of primary amides is 1. The number of carbonyl (C=O) groups is 2. The number of hydrogen-bond acceptors (Lipinski definition) is 8. The van der Waals surface area contributed by atoms with Gasteiger partial charge in [-0.2, -0.15) is 0 Å². The minimum Gasteiger partial charge on any atom is -0.497 e. The average Bonchev–Trinajstić information content (AvgIpc) is 3.16. The number of benzene rings is 2. The van der Waals surface area contributed by atoms with E-state index in [1.807, 2.05) is 24.3 Å². The first-order valence-electron chi connectivity index (χ1n) is 10.5. The van der Waals surface area contributed by atoms with E-state index in [9.17, 15) is 14.7 Å². The lowest BCUT2D eigenvalue weighted by Gasteiger charge is -2.36. The third-order valence-corrected chi connectivity index (χ3v) is 5.69. The topological polar surface area (TPSA) is 115 Å². The molecule has 2 atom stereocenters. The molecule has 0 bridgehead atoms. The van der Waals surface area contributed by atoms with E-state index in [0.717, 1.165) is 37.6 Å². The number of β-amino-alcohol motifs (C(OH)–C–C–N with tert-alkyl or cyclic N) is 1. The zero-order valence-corrected chi connectivity index (χ0v) is 17.9. The quantitative estimate of drug-likeness (QED) is 0.575. The SMILES string of the molecule is COc1ccc(N2CCN(CC(O)COc3cccc4c3OC(C(N)=O)C4=O)CC2)cc1. The van der Waals surface area contributed by atoms with Gasteiger partial charge < -0.3 is 30.0 Å². The fraction of sp³-hybridized carbons (Fsp3) is 0.391. The highest BCUT2D eigenvalue weighted by molar-refractivity contribution is 6.16. The third-order valence-electron chi connectivity index (χ3n) is 5.69. The van der Waals surface area contributed by atoms with Crippen molar-refractivity contribution in [2.24, 2.45) is 5.73 Å². The number of rotatable bonds is 8. The summed E-state index contributed by atoms with van der Waals surface area (Å²) in [5.41, 5.74) is 6.63. The molecule has 0 saturated carbocycles. The molecule has 2 aliphatic rings. The van der Waals surface area contributed by atoms with E-state index in [0.29, 0.717) is 12.3 Å². The highest BCUT2D eigenvalue weighted by Crippen LogP contribution is 2.37. The van der Waals surface area contributed by atoms with Crippen LogP contribution >= 0.6 is 0 Å². The lowest BCUT2D eigenvalue weighted by atomic mass is 10.1. The van der Waals surface area contributed by atoms with Gasteiger partial charge in [0, 0.05) is 38.4 Å². The summed E-state index contributed by atoms with van der Waals surface area (Å²) in [5, 5.41) is 10.5. The molecule has 4 rings (SSSR count). The minimum atomic E-state index is -1.33. The number of anilines is 1. The van der Waals surface area contributed by atoms with Crippen LogP contribution in [0.4, 0.5) is 5.69 Å². The summed E-state index contributed by atoms with van der Waals surface area (Å²) in [5.74, 6) is 0.0169. The van der Waals surface area contributed by atoms with Crippen molar-refractivity contribution in [3.63, 3.8) is 0 Å². The van der Waals surface area contributed by atoms with Crippen molar-refractivity contribution in [2.45, 2.75) is 12.2 Å². The largest absolute Gasteiger partial charge is 0.497 e. The number of ketones is 1. The van der Waals surface area contributed by atoms with E-state index >= 15 is 0 Å². The molecule has 0 aliphatic carbocycles. The van der Waals surface area contributed by atoms with Crippen LogP contribution in [-0.4, -0.2) is 80.3 Å². The van der Waals surface area contributed by atoms with Crippen LogP contribution in [0.1, 0.15) is 10.4 Å². The molecule has 2 heterocycles. The predicted molar refractivity (Wildman–Crippen MR) is 118 cm³/mol. The van der Waals surface area contributed by atoms with Crippen molar-refractivity contribution in [2.75, 3.05) is 51.3 Å². The number of hydrogen-bond donors (Lipinski definition) is 2. The van der Waals surface area contributed by atoms with Crippen LogP contribution in [0.25, 0.3) is 0 Å². The lowest BCUT2D eigenvalue weighted by molar-refractivity contribution is -0.122. The van der Waals surface area contributed by atoms with E-state index in [2.05, 4.69) is 9.80 Å². The molecule has 2 aliphatic heterocycles. The normalized spacial score (nSPS) is 19.2. The molecule has 0 aromatic heterocycles. The Morgan fingerprint density at radius 2 is 1.91 bits per heavy atom. The van der Waals surface area contributed by atoms with Gasteiger partial charge in [-0.05, 0) is 36.4 Å². The van der Waals surface area contributed by atoms with Gasteiger partial charge >= 0.3 is 0 Å². The molecule has 2 unspecified atom stereocenters. The number of piperazine rings is 1. The number of carbonyl (C=O) groups excluding carboxylic acids is 2. The first-order chi connectivity index (χ1) is 15.5. The molecule has 32 heavy (non-hydrogen) atoms. The molecular weight excluding hydrogens is 414 g/mol. The Kier molecular flexibility index (Phi) is 6.48. The molecule has 1 saturated heterocycles. The van der Waals surface area contributed by atoms with Crippen LogP contribution in [0.5, 0.6) is 17.2 Å². The Bertz CT molecular complexity index is 972. The molecule has 2 aromatic carbocycles. The summed E-state index contributed by atoms with van der Waals surface area (Å²) < 4.78 is 16.3. The van der Waals surface area contributed by atoms with Crippen LogP contribution < -0.4 is 24.8 Å². The zero-order valence-electron chi connectivity index (χ0n) is 17.9. The minimum absolute atomic E-state index is 0.0357. The van der Waals surface area contributed by atoms with Crippen LogP contribution in [0, 0.1) is 0 Å². The molecular formula is C23H27N3O6. The summed E-state index contributed by atoms with van der Waals surface area (Å²) in [4.78, 5) is 28.1. The van der Waals surface area contributed by atoms with Crippen LogP contribution in [0.3, 0.4) is 0 Å². The van der Waals surface area contributed by atoms with Crippen molar-refractivity contribution in [1.82, 2.24) is 4.90 Å². The highest BCUT2D eigenvalue weighted by atomic mass is 16.5. The molecule has 0 spiro atoms. The number of ether oxygens (including phenoxy) is 3. The molecule has 9 heteroatoms. The van der Waals surface area contributed by atoms with E-state index in [1.165, 1.54) is 0 Å². The first kappa shape index (κ1) is 21.9. The van der Waals surface area contributed by atoms with E-state index < -0.39 is 23.9 Å². The second kappa shape index (κ2) is 9.46. The standard InChI is InChI=1S/C23H27N3O6/c1-30-17-7-5-15(6-8-17)26-11-9-25(10-12-26)13-16(27)14-31-19-4-2-3-18-20(28)22(23(24)29)32-21(18)19/h2-8,16,22,27H,9-14H2,1H3,(H2,24,29). The van der Waals surface area contributed by atoms with Crippen molar-refractivity contribution < 1.29 is 28.9 Å². The second-order valence-corrected chi connectivity index (χ2v) is 7.85. The first-order valence-corrected chi connectivity index (χ1v) is 10.5. The Morgan fingerprint density at radius 3 is 2.56 bits per heavy atom. The maximum atomic E-state index is 12.2. The third kappa shape index (κ3) is 4.63. The Balaban J connectivity index is 1.26. The van der Waals surface area contributed by atoms with E-state index in [4.69, 9.17) is 19.9 Å². The van der Waals surface area contributed by atoms with E-state index in [1.54, 1.807) is 25.3 Å². The molecule has 0 radical (unpaired) electrons. The van der Waals surface area contributed by atoms with E-state index in [-0.39, 0.29) is 17.9 Å². The Labute approximate surface area is 186 Å². The van der Waals surface area contributed by atoms with Gasteiger partial charge in [0.25, 0.3) is 5.91 Å².